The highest BCUT2D eigenvalue weighted by atomic mass is 15.3. The molecule has 3 nitrogen and oxygen atoms in total. The van der Waals surface area contributed by atoms with Crippen LogP contribution in [0.1, 0.15) is 30.7 Å². The van der Waals surface area contributed by atoms with E-state index >= 15 is 0 Å². The van der Waals surface area contributed by atoms with Crippen molar-refractivity contribution in [2.75, 3.05) is 44.6 Å². The summed E-state index contributed by atoms with van der Waals surface area (Å²) in [6.45, 7) is 7.52. The second-order valence-electron chi connectivity index (χ2n) is 6.61. The zero-order valence-corrected chi connectivity index (χ0v) is 12.2. The third-order valence-electron chi connectivity index (χ3n) is 5.34. The Labute approximate surface area is 121 Å². The van der Waals surface area contributed by atoms with Gasteiger partial charge in [-0.25, -0.2) is 0 Å². The van der Waals surface area contributed by atoms with Gasteiger partial charge < -0.3 is 5.32 Å². The summed E-state index contributed by atoms with van der Waals surface area (Å²) in [7, 11) is 0. The molecule has 0 aromatic heterocycles. The second kappa shape index (κ2) is 5.38. The molecule has 2 unspecified atom stereocenters. The zero-order chi connectivity index (χ0) is 13.4. The molecular weight excluding hydrogens is 246 g/mol. The van der Waals surface area contributed by atoms with Gasteiger partial charge in [0.1, 0.15) is 0 Å². The second-order valence-corrected chi connectivity index (χ2v) is 6.61. The molecule has 2 saturated heterocycles. The molecule has 3 heterocycles. The summed E-state index contributed by atoms with van der Waals surface area (Å²) in [6.07, 6.45) is 4.26. The number of fused-ring (bicyclic) bond motifs is 2. The quantitative estimate of drug-likeness (QED) is 0.891. The normalized spacial score (nSPS) is 30.6. The summed E-state index contributed by atoms with van der Waals surface area (Å²) < 4.78 is 0. The van der Waals surface area contributed by atoms with Crippen molar-refractivity contribution in [3.05, 3.63) is 29.8 Å². The van der Waals surface area contributed by atoms with E-state index < -0.39 is 0 Å². The molecule has 2 fully saturated rings. The molecule has 0 bridgehead atoms. The highest BCUT2D eigenvalue weighted by Gasteiger charge is 2.31. The maximum atomic E-state index is 3.56. The standard InChI is InChI=1S/C17H25N3/c1-2-7-17-16(6-1)14(11-18-17)12-19-9-10-20-8-4-3-5-15(20)13-19/h1-2,6-7,14-15,18H,3-5,8-13H2. The third-order valence-corrected chi connectivity index (χ3v) is 5.34. The van der Waals surface area contributed by atoms with Crippen LogP contribution in [0, 0.1) is 0 Å². The van der Waals surface area contributed by atoms with E-state index in [1.54, 1.807) is 0 Å². The molecular formula is C17H25N3. The number of piperazine rings is 1. The zero-order valence-electron chi connectivity index (χ0n) is 12.2. The lowest BCUT2D eigenvalue weighted by Crippen LogP contribution is -2.55. The van der Waals surface area contributed by atoms with Crippen LogP contribution in [0.15, 0.2) is 24.3 Å². The molecule has 1 aromatic carbocycles. The molecule has 108 valence electrons. The van der Waals surface area contributed by atoms with E-state index in [1.807, 2.05) is 0 Å². The van der Waals surface area contributed by atoms with Crippen molar-refractivity contribution >= 4 is 5.69 Å². The van der Waals surface area contributed by atoms with Crippen LogP contribution in [0.3, 0.4) is 0 Å². The van der Waals surface area contributed by atoms with Crippen molar-refractivity contribution in [2.24, 2.45) is 0 Å². The predicted octanol–water partition coefficient (Wildman–Crippen LogP) is 2.37. The maximum Gasteiger partial charge on any atom is 0.0376 e. The van der Waals surface area contributed by atoms with Gasteiger partial charge in [-0.3, -0.25) is 9.80 Å². The monoisotopic (exact) mass is 271 g/mol. The molecule has 0 saturated carbocycles. The Kier molecular flexibility index (Phi) is 3.41. The minimum Gasteiger partial charge on any atom is -0.384 e. The first kappa shape index (κ1) is 12.7. The Morgan fingerprint density at radius 1 is 1.10 bits per heavy atom. The average Bonchev–Trinajstić information content (AvgIpc) is 2.91. The third kappa shape index (κ3) is 2.33. The molecule has 3 aliphatic heterocycles. The molecule has 0 aliphatic carbocycles. The Morgan fingerprint density at radius 3 is 3.05 bits per heavy atom. The van der Waals surface area contributed by atoms with Crippen LogP contribution in [0.4, 0.5) is 5.69 Å². The first-order chi connectivity index (χ1) is 9.90. The van der Waals surface area contributed by atoms with Crippen molar-refractivity contribution in [1.82, 2.24) is 9.80 Å². The number of benzene rings is 1. The Bertz CT molecular complexity index is 473. The van der Waals surface area contributed by atoms with E-state index in [-0.39, 0.29) is 0 Å². The number of rotatable bonds is 2. The fourth-order valence-electron chi connectivity index (χ4n) is 4.22. The van der Waals surface area contributed by atoms with Gasteiger partial charge in [-0.15, -0.1) is 0 Å². The van der Waals surface area contributed by atoms with Crippen LogP contribution in [0.5, 0.6) is 0 Å². The van der Waals surface area contributed by atoms with Crippen molar-refractivity contribution in [3.8, 4) is 0 Å². The number of nitrogens with zero attached hydrogens (tertiary/aromatic N) is 2. The van der Waals surface area contributed by atoms with Crippen LogP contribution < -0.4 is 5.32 Å². The van der Waals surface area contributed by atoms with E-state index in [9.17, 15) is 0 Å². The molecule has 1 N–H and O–H groups in total. The highest BCUT2D eigenvalue weighted by molar-refractivity contribution is 5.57. The smallest absolute Gasteiger partial charge is 0.0376 e. The minimum absolute atomic E-state index is 0.682. The molecule has 3 aliphatic rings. The highest BCUT2D eigenvalue weighted by Crippen LogP contribution is 2.32. The SMILES string of the molecule is c1ccc2c(c1)NCC2CN1CCN2CCCCC2C1. The number of nitrogens with one attached hydrogen (secondary N) is 1. The number of piperidine rings is 1. The summed E-state index contributed by atoms with van der Waals surface area (Å²) in [6, 6.07) is 9.67. The van der Waals surface area contributed by atoms with Crippen LogP contribution in [0.25, 0.3) is 0 Å². The number of hydrogen-bond acceptors (Lipinski definition) is 3. The first-order valence-corrected chi connectivity index (χ1v) is 8.19. The summed E-state index contributed by atoms with van der Waals surface area (Å²) in [5, 5.41) is 3.56. The Balaban J connectivity index is 1.41. The number of para-hydroxylation sites is 1. The number of anilines is 1. The van der Waals surface area contributed by atoms with Gasteiger partial charge >= 0.3 is 0 Å². The van der Waals surface area contributed by atoms with Gasteiger partial charge in [0.25, 0.3) is 0 Å². The van der Waals surface area contributed by atoms with Gasteiger partial charge in [-0.05, 0) is 31.0 Å². The lowest BCUT2D eigenvalue weighted by atomic mass is 9.97. The molecule has 1 aromatic rings. The molecule has 2 atom stereocenters. The van der Waals surface area contributed by atoms with Crippen molar-refractivity contribution in [2.45, 2.75) is 31.2 Å². The molecule has 0 amide bonds. The Hall–Kier alpha value is -1.06. The fourth-order valence-corrected chi connectivity index (χ4v) is 4.22. The van der Waals surface area contributed by atoms with E-state index in [4.69, 9.17) is 0 Å². The minimum atomic E-state index is 0.682. The molecule has 4 rings (SSSR count). The molecule has 0 spiro atoms. The van der Waals surface area contributed by atoms with E-state index in [1.165, 1.54) is 63.2 Å². The Morgan fingerprint density at radius 2 is 2.05 bits per heavy atom. The van der Waals surface area contributed by atoms with Crippen molar-refractivity contribution in [3.63, 3.8) is 0 Å². The van der Waals surface area contributed by atoms with Crippen LogP contribution in [-0.2, 0) is 0 Å². The molecule has 3 heteroatoms. The lowest BCUT2D eigenvalue weighted by molar-refractivity contribution is 0.0472. The van der Waals surface area contributed by atoms with Gasteiger partial charge in [0.2, 0.25) is 0 Å². The van der Waals surface area contributed by atoms with Gasteiger partial charge in [-0.2, -0.15) is 0 Å². The van der Waals surface area contributed by atoms with Crippen LogP contribution in [-0.4, -0.2) is 55.1 Å². The van der Waals surface area contributed by atoms with Crippen LogP contribution >= 0.6 is 0 Å². The van der Waals surface area contributed by atoms with Gasteiger partial charge in [0, 0.05) is 50.4 Å². The largest absolute Gasteiger partial charge is 0.384 e. The number of hydrogen-bond donors (Lipinski definition) is 1. The van der Waals surface area contributed by atoms with Gasteiger partial charge in [0.05, 0.1) is 0 Å². The maximum absolute atomic E-state index is 3.56. The first-order valence-electron chi connectivity index (χ1n) is 8.19. The molecule has 20 heavy (non-hydrogen) atoms. The topological polar surface area (TPSA) is 18.5 Å². The summed E-state index contributed by atoms with van der Waals surface area (Å²) in [5.41, 5.74) is 2.88. The summed E-state index contributed by atoms with van der Waals surface area (Å²) in [4.78, 5) is 5.43. The van der Waals surface area contributed by atoms with Crippen molar-refractivity contribution < 1.29 is 0 Å². The van der Waals surface area contributed by atoms with E-state index in [2.05, 4.69) is 39.4 Å². The predicted molar refractivity (Wildman–Crippen MR) is 83.3 cm³/mol. The van der Waals surface area contributed by atoms with Gasteiger partial charge in [0.15, 0.2) is 0 Å². The average molecular weight is 271 g/mol. The van der Waals surface area contributed by atoms with Crippen molar-refractivity contribution in [1.29, 1.82) is 0 Å². The summed E-state index contributed by atoms with van der Waals surface area (Å²) in [5.74, 6) is 0.682. The van der Waals surface area contributed by atoms with E-state index in [0.717, 1.165) is 12.6 Å². The summed E-state index contributed by atoms with van der Waals surface area (Å²) >= 11 is 0. The lowest BCUT2D eigenvalue weighted by Gasteiger charge is -2.44. The fraction of sp³-hybridized carbons (Fsp3) is 0.647. The molecule has 0 radical (unpaired) electrons. The van der Waals surface area contributed by atoms with Gasteiger partial charge in [-0.1, -0.05) is 24.6 Å². The van der Waals surface area contributed by atoms with E-state index in [0.29, 0.717) is 5.92 Å². The van der Waals surface area contributed by atoms with Crippen LogP contribution in [0.2, 0.25) is 0 Å².